The van der Waals surface area contributed by atoms with Crippen LogP contribution >= 0.6 is 11.8 Å². The molecule has 0 bridgehead atoms. The number of hydrogen-bond donors (Lipinski definition) is 3. The van der Waals surface area contributed by atoms with Gasteiger partial charge in [0.25, 0.3) is 5.91 Å². The molecule has 158 valence electrons. The van der Waals surface area contributed by atoms with Crippen molar-refractivity contribution in [1.29, 1.82) is 0 Å². The predicted octanol–water partition coefficient (Wildman–Crippen LogP) is 1.71. The van der Waals surface area contributed by atoms with E-state index in [1.807, 2.05) is 12.1 Å². The highest BCUT2D eigenvalue weighted by molar-refractivity contribution is 8.01. The Labute approximate surface area is 177 Å². The van der Waals surface area contributed by atoms with Crippen molar-refractivity contribution in [3.8, 4) is 0 Å². The molecule has 2 atom stereocenters. The highest BCUT2D eigenvalue weighted by Crippen LogP contribution is 2.36. The molecule has 0 spiro atoms. The molecular weight excluding hydrogens is 430 g/mol. The van der Waals surface area contributed by atoms with Crippen LogP contribution in [-0.4, -0.2) is 37.6 Å². The largest absolute Gasteiger partial charge is 0.452 e. The zero-order valence-electron chi connectivity index (χ0n) is 15.8. The normalized spacial score (nSPS) is 16.7. The molecule has 0 saturated carbocycles. The molecule has 0 fully saturated rings. The van der Waals surface area contributed by atoms with Gasteiger partial charge >= 0.3 is 5.97 Å². The number of rotatable bonds is 6. The number of ether oxygens (including phenoxy) is 1. The van der Waals surface area contributed by atoms with Crippen LogP contribution in [0.5, 0.6) is 0 Å². The lowest BCUT2D eigenvalue weighted by molar-refractivity contribution is -0.153. The highest BCUT2D eigenvalue weighted by Gasteiger charge is 2.30. The maximum Gasteiger partial charge on any atom is 0.308 e. The molecule has 2 amide bonds. The van der Waals surface area contributed by atoms with Crippen molar-refractivity contribution < 1.29 is 27.5 Å². The molecule has 11 heteroatoms. The van der Waals surface area contributed by atoms with Crippen LogP contribution in [0.15, 0.2) is 58.3 Å². The second-order valence-electron chi connectivity index (χ2n) is 6.49. The molecule has 4 N–H and O–H groups in total. The quantitative estimate of drug-likeness (QED) is 0.569. The van der Waals surface area contributed by atoms with Crippen molar-refractivity contribution >= 4 is 50.9 Å². The van der Waals surface area contributed by atoms with Gasteiger partial charge in [-0.25, -0.2) is 13.6 Å². The molecule has 1 heterocycles. The summed E-state index contributed by atoms with van der Waals surface area (Å²) in [5.74, 6) is -1.59. The van der Waals surface area contributed by atoms with Crippen LogP contribution in [0.1, 0.15) is 13.3 Å². The lowest BCUT2D eigenvalue weighted by Crippen LogP contribution is -2.34. The minimum absolute atomic E-state index is 0.0928. The third-order valence-electron chi connectivity index (χ3n) is 4.19. The molecule has 2 aromatic carbocycles. The number of fused-ring (bicyclic) bond motifs is 1. The lowest BCUT2D eigenvalue weighted by atomic mass is 10.2. The molecule has 0 saturated heterocycles. The summed E-state index contributed by atoms with van der Waals surface area (Å²) in [5, 5.41) is 9.62. The predicted molar refractivity (Wildman–Crippen MR) is 111 cm³/mol. The van der Waals surface area contributed by atoms with Crippen molar-refractivity contribution in [2.75, 3.05) is 10.6 Å². The fourth-order valence-corrected chi connectivity index (χ4v) is 4.26. The second-order valence-corrected chi connectivity index (χ2v) is 9.29. The van der Waals surface area contributed by atoms with Gasteiger partial charge in [0.2, 0.25) is 15.9 Å². The van der Waals surface area contributed by atoms with Gasteiger partial charge in [-0.1, -0.05) is 12.1 Å². The monoisotopic (exact) mass is 449 g/mol. The summed E-state index contributed by atoms with van der Waals surface area (Å²) in [5.41, 5.74) is 1.01. The summed E-state index contributed by atoms with van der Waals surface area (Å²) in [6.45, 7) is 1.40. The van der Waals surface area contributed by atoms with E-state index < -0.39 is 33.3 Å². The van der Waals surface area contributed by atoms with Gasteiger partial charge < -0.3 is 15.4 Å². The van der Waals surface area contributed by atoms with Gasteiger partial charge in [-0.2, -0.15) is 0 Å². The number of carbonyl (C=O) groups is 3. The standard InChI is InChI=1S/C19H19N3O6S2/c1-11(18(24)21-12-6-8-13(9-7-12)30(20,26)27)28-17(23)10-16-19(25)22-14-4-2-3-5-15(14)29-16/h2-9,11,16H,10H2,1H3,(H,21,24)(H,22,25)(H2,20,26,27). The summed E-state index contributed by atoms with van der Waals surface area (Å²) in [7, 11) is -3.83. The fourth-order valence-electron chi connectivity index (χ4n) is 2.65. The summed E-state index contributed by atoms with van der Waals surface area (Å²) < 4.78 is 27.6. The number of anilines is 2. The van der Waals surface area contributed by atoms with Crippen LogP contribution < -0.4 is 15.8 Å². The van der Waals surface area contributed by atoms with Crippen LogP contribution in [0.4, 0.5) is 11.4 Å². The topological polar surface area (TPSA) is 145 Å². The molecule has 2 unspecified atom stereocenters. The van der Waals surface area contributed by atoms with E-state index >= 15 is 0 Å². The van der Waals surface area contributed by atoms with E-state index in [2.05, 4.69) is 10.6 Å². The maximum absolute atomic E-state index is 12.2. The van der Waals surface area contributed by atoms with Gasteiger partial charge in [-0.15, -0.1) is 11.8 Å². The Kier molecular flexibility index (Phi) is 6.44. The summed E-state index contributed by atoms with van der Waals surface area (Å²) in [6.07, 6.45) is -1.30. The number of para-hydroxylation sites is 1. The third-order valence-corrected chi connectivity index (χ3v) is 6.39. The van der Waals surface area contributed by atoms with Crippen LogP contribution in [0, 0.1) is 0 Å². The molecule has 0 aromatic heterocycles. The minimum Gasteiger partial charge on any atom is -0.452 e. The number of nitrogens with two attached hydrogens (primary N) is 1. The van der Waals surface area contributed by atoms with E-state index in [0.29, 0.717) is 11.4 Å². The Balaban J connectivity index is 1.54. The number of carbonyl (C=O) groups excluding carboxylic acids is 3. The minimum atomic E-state index is -3.83. The van der Waals surface area contributed by atoms with E-state index in [9.17, 15) is 22.8 Å². The maximum atomic E-state index is 12.2. The van der Waals surface area contributed by atoms with Crippen molar-refractivity contribution in [3.63, 3.8) is 0 Å². The Morgan fingerprint density at radius 3 is 2.53 bits per heavy atom. The Bertz CT molecular complexity index is 1090. The van der Waals surface area contributed by atoms with Crippen molar-refractivity contribution in [2.24, 2.45) is 5.14 Å². The first-order chi connectivity index (χ1) is 14.1. The molecule has 3 rings (SSSR count). The third kappa shape index (κ3) is 5.38. The second kappa shape index (κ2) is 8.86. The van der Waals surface area contributed by atoms with Crippen LogP contribution in [0.25, 0.3) is 0 Å². The summed E-state index contributed by atoms with van der Waals surface area (Å²) in [4.78, 5) is 37.4. The van der Waals surface area contributed by atoms with E-state index in [0.717, 1.165) is 4.90 Å². The van der Waals surface area contributed by atoms with E-state index in [1.165, 1.54) is 43.0 Å². The highest BCUT2D eigenvalue weighted by atomic mass is 32.2. The average Bonchev–Trinajstić information content (AvgIpc) is 2.68. The van der Waals surface area contributed by atoms with Crippen LogP contribution in [0.3, 0.4) is 0 Å². The van der Waals surface area contributed by atoms with Crippen molar-refractivity contribution in [2.45, 2.75) is 34.5 Å². The van der Waals surface area contributed by atoms with Crippen LogP contribution in [-0.2, 0) is 29.1 Å². The number of amides is 2. The molecule has 1 aliphatic heterocycles. The molecule has 0 aliphatic carbocycles. The van der Waals surface area contributed by atoms with Crippen LogP contribution in [0.2, 0.25) is 0 Å². The first kappa shape index (κ1) is 21.8. The molecule has 2 aromatic rings. The smallest absolute Gasteiger partial charge is 0.308 e. The Hall–Kier alpha value is -2.89. The summed E-state index contributed by atoms with van der Waals surface area (Å²) >= 11 is 1.26. The van der Waals surface area contributed by atoms with Gasteiger partial charge in [0, 0.05) is 10.6 Å². The number of nitrogens with one attached hydrogen (secondary N) is 2. The Morgan fingerprint density at radius 2 is 1.87 bits per heavy atom. The number of esters is 1. The van der Waals surface area contributed by atoms with Crippen molar-refractivity contribution in [1.82, 2.24) is 0 Å². The van der Waals surface area contributed by atoms with E-state index in [1.54, 1.807) is 12.1 Å². The van der Waals surface area contributed by atoms with Gasteiger partial charge in [0.05, 0.1) is 22.3 Å². The zero-order chi connectivity index (χ0) is 21.9. The lowest BCUT2D eigenvalue weighted by Gasteiger charge is -2.23. The SMILES string of the molecule is CC(OC(=O)CC1Sc2ccccc2NC1=O)C(=O)Nc1ccc(S(N)(=O)=O)cc1. The van der Waals surface area contributed by atoms with Gasteiger partial charge in [0.15, 0.2) is 6.10 Å². The number of thioether (sulfide) groups is 1. The van der Waals surface area contributed by atoms with E-state index in [4.69, 9.17) is 9.88 Å². The number of hydrogen-bond acceptors (Lipinski definition) is 7. The van der Waals surface area contributed by atoms with E-state index in [-0.39, 0.29) is 17.2 Å². The fraction of sp³-hybridized carbons (Fsp3) is 0.211. The molecular formula is C19H19N3O6S2. The first-order valence-corrected chi connectivity index (χ1v) is 11.3. The summed E-state index contributed by atoms with van der Waals surface area (Å²) in [6, 6.07) is 12.5. The molecule has 1 aliphatic rings. The average molecular weight is 450 g/mol. The molecule has 30 heavy (non-hydrogen) atoms. The number of benzene rings is 2. The molecule has 9 nitrogen and oxygen atoms in total. The van der Waals surface area contributed by atoms with Gasteiger partial charge in [-0.05, 0) is 43.3 Å². The zero-order valence-corrected chi connectivity index (χ0v) is 17.5. The van der Waals surface area contributed by atoms with Gasteiger partial charge in [-0.3, -0.25) is 14.4 Å². The number of sulfonamides is 1. The first-order valence-electron chi connectivity index (χ1n) is 8.83. The Morgan fingerprint density at radius 1 is 1.20 bits per heavy atom. The van der Waals surface area contributed by atoms with Gasteiger partial charge in [0.1, 0.15) is 0 Å². The van der Waals surface area contributed by atoms with Crippen molar-refractivity contribution in [3.05, 3.63) is 48.5 Å². The molecule has 0 radical (unpaired) electrons. The number of primary sulfonamides is 1.